The molecule has 0 bridgehead atoms. The maximum Gasteiger partial charge on any atom is 0.188 e. The maximum absolute atomic E-state index is 5.94. The fourth-order valence-electron chi connectivity index (χ4n) is 3.06. The summed E-state index contributed by atoms with van der Waals surface area (Å²) in [7, 11) is 0. The van der Waals surface area contributed by atoms with Gasteiger partial charge in [0.1, 0.15) is 0 Å². The van der Waals surface area contributed by atoms with Crippen molar-refractivity contribution in [3.8, 4) is 0 Å². The summed E-state index contributed by atoms with van der Waals surface area (Å²) < 4.78 is 5.34. The van der Waals surface area contributed by atoms with Crippen LogP contribution >= 0.6 is 24.0 Å². The second-order valence-electron chi connectivity index (χ2n) is 6.45. The van der Waals surface area contributed by atoms with Crippen molar-refractivity contribution in [2.24, 2.45) is 16.1 Å². The molecule has 1 saturated carbocycles. The third kappa shape index (κ3) is 7.15. The van der Waals surface area contributed by atoms with E-state index in [2.05, 4.69) is 22.1 Å². The summed E-state index contributed by atoms with van der Waals surface area (Å²) in [6.07, 6.45) is 6.38. The number of morpholine rings is 1. The van der Waals surface area contributed by atoms with Crippen molar-refractivity contribution in [2.45, 2.75) is 39.0 Å². The lowest BCUT2D eigenvalue weighted by Gasteiger charge is -2.26. The highest BCUT2D eigenvalue weighted by molar-refractivity contribution is 14.0. The Morgan fingerprint density at radius 1 is 1.29 bits per heavy atom. The lowest BCUT2D eigenvalue weighted by Crippen LogP contribution is -2.39. The van der Waals surface area contributed by atoms with Gasteiger partial charge in [-0.2, -0.15) is 0 Å². The van der Waals surface area contributed by atoms with Crippen LogP contribution < -0.4 is 11.1 Å². The molecule has 2 aliphatic rings. The van der Waals surface area contributed by atoms with Crippen LogP contribution in [0.2, 0.25) is 0 Å². The maximum atomic E-state index is 5.94. The fourth-order valence-corrected chi connectivity index (χ4v) is 3.06. The van der Waals surface area contributed by atoms with Crippen LogP contribution in [0.25, 0.3) is 0 Å². The number of ether oxygens (including phenoxy) is 1. The highest BCUT2D eigenvalue weighted by Crippen LogP contribution is 2.37. The van der Waals surface area contributed by atoms with Crippen molar-refractivity contribution in [3.05, 3.63) is 0 Å². The summed E-state index contributed by atoms with van der Waals surface area (Å²) in [4.78, 5) is 6.95. The van der Waals surface area contributed by atoms with E-state index in [0.29, 0.717) is 11.4 Å². The summed E-state index contributed by atoms with van der Waals surface area (Å²) in [5.74, 6) is 0.611. The molecule has 1 aliphatic carbocycles. The van der Waals surface area contributed by atoms with Crippen LogP contribution in [-0.4, -0.2) is 56.8 Å². The van der Waals surface area contributed by atoms with Gasteiger partial charge < -0.3 is 15.8 Å². The summed E-state index contributed by atoms with van der Waals surface area (Å²) in [5.41, 5.74) is 6.32. The number of hydrogen-bond acceptors (Lipinski definition) is 3. The van der Waals surface area contributed by atoms with E-state index in [1.54, 1.807) is 0 Å². The fraction of sp³-hybridized carbons (Fsp3) is 0.933. The van der Waals surface area contributed by atoms with E-state index < -0.39 is 0 Å². The van der Waals surface area contributed by atoms with Gasteiger partial charge in [0.25, 0.3) is 0 Å². The summed E-state index contributed by atoms with van der Waals surface area (Å²) in [5, 5.41) is 3.23. The van der Waals surface area contributed by atoms with Gasteiger partial charge in [0.05, 0.1) is 13.2 Å². The van der Waals surface area contributed by atoms with Crippen LogP contribution in [0, 0.1) is 5.41 Å². The molecule has 0 unspecified atom stereocenters. The molecule has 0 atom stereocenters. The summed E-state index contributed by atoms with van der Waals surface area (Å²) in [6.45, 7) is 9.07. The first-order chi connectivity index (χ1) is 9.68. The van der Waals surface area contributed by atoms with Gasteiger partial charge in [-0.05, 0) is 31.2 Å². The van der Waals surface area contributed by atoms with Crippen LogP contribution in [-0.2, 0) is 4.74 Å². The zero-order valence-electron chi connectivity index (χ0n) is 13.3. The van der Waals surface area contributed by atoms with Crippen molar-refractivity contribution in [1.82, 2.24) is 10.2 Å². The molecular formula is C15H31IN4O. The third-order valence-corrected chi connectivity index (χ3v) is 4.50. The Bertz CT molecular complexity index is 313. The normalized spacial score (nSPS) is 22.8. The molecular weight excluding hydrogens is 379 g/mol. The molecule has 6 heteroatoms. The van der Waals surface area contributed by atoms with E-state index in [0.717, 1.165) is 52.4 Å². The second kappa shape index (κ2) is 9.84. The van der Waals surface area contributed by atoms with Crippen molar-refractivity contribution in [1.29, 1.82) is 0 Å². The minimum absolute atomic E-state index is 0. The van der Waals surface area contributed by atoms with Crippen molar-refractivity contribution in [2.75, 3.05) is 45.9 Å². The van der Waals surface area contributed by atoms with Gasteiger partial charge in [0.2, 0.25) is 0 Å². The smallest absolute Gasteiger partial charge is 0.188 e. The Morgan fingerprint density at radius 2 is 1.95 bits per heavy atom. The number of nitrogens with zero attached hydrogens (tertiary/aromatic N) is 2. The van der Waals surface area contributed by atoms with Gasteiger partial charge in [0, 0.05) is 26.2 Å². The molecule has 0 spiro atoms. The average molecular weight is 410 g/mol. The lowest BCUT2D eigenvalue weighted by atomic mass is 9.89. The topological polar surface area (TPSA) is 62.9 Å². The first-order valence-corrected chi connectivity index (χ1v) is 8.02. The number of nitrogens with two attached hydrogens (primary N) is 1. The standard InChI is InChI=1S/C15H30N4O.HI/c1-15(5-2-3-6-15)13-18-14(16)17-7-4-8-19-9-11-20-12-10-19;/h2-13H2,1H3,(H3,16,17,18);1H. The third-order valence-electron chi connectivity index (χ3n) is 4.50. The van der Waals surface area contributed by atoms with E-state index in [9.17, 15) is 0 Å². The number of aliphatic imine (C=N–C) groups is 1. The second-order valence-corrected chi connectivity index (χ2v) is 6.45. The Hall–Kier alpha value is -0.0800. The monoisotopic (exact) mass is 410 g/mol. The van der Waals surface area contributed by atoms with Gasteiger partial charge in [-0.3, -0.25) is 9.89 Å². The number of hydrogen-bond donors (Lipinski definition) is 2. The van der Waals surface area contributed by atoms with E-state index >= 15 is 0 Å². The molecule has 3 N–H and O–H groups in total. The van der Waals surface area contributed by atoms with Crippen LogP contribution in [0.3, 0.4) is 0 Å². The minimum Gasteiger partial charge on any atom is -0.379 e. The van der Waals surface area contributed by atoms with Crippen LogP contribution in [0.1, 0.15) is 39.0 Å². The summed E-state index contributed by atoms with van der Waals surface area (Å²) in [6, 6.07) is 0. The lowest BCUT2D eigenvalue weighted by molar-refractivity contribution is 0.0376. The molecule has 5 nitrogen and oxygen atoms in total. The molecule has 1 aliphatic heterocycles. The first kappa shape index (κ1) is 19.0. The Balaban J connectivity index is 0.00000220. The van der Waals surface area contributed by atoms with E-state index in [1.165, 1.54) is 25.7 Å². The largest absolute Gasteiger partial charge is 0.379 e. The number of halogens is 1. The number of guanidine groups is 1. The number of nitrogens with one attached hydrogen (secondary N) is 1. The molecule has 2 rings (SSSR count). The average Bonchev–Trinajstić information content (AvgIpc) is 2.90. The van der Waals surface area contributed by atoms with Gasteiger partial charge in [0.15, 0.2) is 5.96 Å². The van der Waals surface area contributed by atoms with E-state index in [-0.39, 0.29) is 24.0 Å². The van der Waals surface area contributed by atoms with Gasteiger partial charge in [-0.1, -0.05) is 19.8 Å². The summed E-state index contributed by atoms with van der Waals surface area (Å²) >= 11 is 0. The predicted octanol–water partition coefficient (Wildman–Crippen LogP) is 1.81. The molecule has 2 fully saturated rings. The molecule has 0 aromatic rings. The molecule has 0 amide bonds. The van der Waals surface area contributed by atoms with E-state index in [1.807, 2.05) is 0 Å². The van der Waals surface area contributed by atoms with Crippen molar-refractivity contribution >= 4 is 29.9 Å². The zero-order valence-corrected chi connectivity index (χ0v) is 15.6. The highest BCUT2D eigenvalue weighted by Gasteiger charge is 2.28. The molecule has 0 aromatic carbocycles. The molecule has 0 radical (unpaired) electrons. The Labute approximate surface area is 146 Å². The molecule has 21 heavy (non-hydrogen) atoms. The van der Waals surface area contributed by atoms with Crippen LogP contribution in [0.4, 0.5) is 0 Å². The highest BCUT2D eigenvalue weighted by atomic mass is 127. The molecule has 124 valence electrons. The van der Waals surface area contributed by atoms with Crippen LogP contribution in [0.15, 0.2) is 4.99 Å². The van der Waals surface area contributed by atoms with Crippen molar-refractivity contribution < 1.29 is 4.74 Å². The first-order valence-electron chi connectivity index (χ1n) is 8.02. The Morgan fingerprint density at radius 3 is 2.62 bits per heavy atom. The van der Waals surface area contributed by atoms with Gasteiger partial charge in [-0.15, -0.1) is 24.0 Å². The molecule has 1 saturated heterocycles. The van der Waals surface area contributed by atoms with E-state index in [4.69, 9.17) is 10.5 Å². The SMILES string of the molecule is CC1(CN=C(N)NCCCN2CCOCC2)CCCC1.I. The van der Waals surface area contributed by atoms with Gasteiger partial charge >= 0.3 is 0 Å². The molecule has 0 aromatic heterocycles. The Kier molecular flexibility index (Phi) is 8.89. The zero-order chi connectivity index (χ0) is 14.3. The quantitative estimate of drug-likeness (QED) is 0.304. The van der Waals surface area contributed by atoms with Crippen LogP contribution in [0.5, 0.6) is 0 Å². The van der Waals surface area contributed by atoms with Gasteiger partial charge in [-0.25, -0.2) is 0 Å². The predicted molar refractivity (Wildman–Crippen MR) is 98.4 cm³/mol. The minimum atomic E-state index is 0. The number of rotatable bonds is 6. The van der Waals surface area contributed by atoms with Crippen molar-refractivity contribution in [3.63, 3.8) is 0 Å². The molecule has 1 heterocycles.